The first-order chi connectivity index (χ1) is 15.9. The first-order valence-corrected chi connectivity index (χ1v) is 10.4. The van der Waals surface area contributed by atoms with Gasteiger partial charge in [-0.15, -0.1) is 0 Å². The van der Waals surface area contributed by atoms with Crippen LogP contribution in [-0.2, 0) is 4.79 Å². The molecule has 3 amide bonds. The van der Waals surface area contributed by atoms with Crippen LogP contribution in [0, 0.1) is 6.92 Å². The van der Waals surface area contributed by atoms with Crippen molar-refractivity contribution in [2.24, 2.45) is 0 Å². The number of benzene rings is 3. The van der Waals surface area contributed by atoms with Crippen LogP contribution in [0.2, 0.25) is 0 Å². The summed E-state index contributed by atoms with van der Waals surface area (Å²) >= 11 is 5.01. The molecule has 4 N–H and O–H groups in total. The lowest BCUT2D eigenvalue weighted by Crippen LogP contribution is -2.48. The largest absolute Gasteiger partial charge is 0.322 e. The summed E-state index contributed by atoms with van der Waals surface area (Å²) in [4.78, 5) is 36.5. The molecule has 0 spiro atoms. The molecule has 0 radical (unpaired) electrons. The van der Waals surface area contributed by atoms with Gasteiger partial charge in [-0.2, -0.15) is 0 Å². The topological polar surface area (TPSA) is 99.3 Å². The predicted molar refractivity (Wildman–Crippen MR) is 132 cm³/mol. The van der Waals surface area contributed by atoms with Crippen LogP contribution in [0.3, 0.4) is 0 Å². The fraction of sp³-hybridized carbons (Fsp3) is 0.0400. The molecule has 0 aromatic heterocycles. The highest BCUT2D eigenvalue weighted by atomic mass is 32.1. The predicted octanol–water partition coefficient (Wildman–Crippen LogP) is 3.60. The summed E-state index contributed by atoms with van der Waals surface area (Å²) in [6.45, 7) is 1.91. The number of rotatable bonds is 5. The Labute approximate surface area is 196 Å². The Morgan fingerprint density at radius 1 is 0.788 bits per heavy atom. The molecule has 0 bridgehead atoms. The normalized spacial score (nSPS) is 10.3. The zero-order chi connectivity index (χ0) is 23.6. The second kappa shape index (κ2) is 11.4. The number of hydrogen-bond acceptors (Lipinski definition) is 4. The Hall–Kier alpha value is -4.30. The molecule has 0 saturated heterocycles. The van der Waals surface area contributed by atoms with Gasteiger partial charge in [0.25, 0.3) is 11.8 Å². The zero-order valence-electron chi connectivity index (χ0n) is 17.8. The Morgan fingerprint density at radius 3 is 2.21 bits per heavy atom. The zero-order valence-corrected chi connectivity index (χ0v) is 18.6. The van der Waals surface area contributed by atoms with Gasteiger partial charge in [-0.3, -0.25) is 30.6 Å². The minimum absolute atomic E-state index is 0.0481. The Kier molecular flexibility index (Phi) is 8.04. The van der Waals surface area contributed by atoms with Gasteiger partial charge < -0.3 is 5.32 Å². The van der Waals surface area contributed by atoms with E-state index in [1.807, 2.05) is 49.4 Å². The van der Waals surface area contributed by atoms with E-state index >= 15 is 0 Å². The van der Waals surface area contributed by atoms with Crippen LogP contribution in [0.1, 0.15) is 31.8 Å². The quantitative estimate of drug-likeness (QED) is 0.266. The number of hydrazine groups is 1. The van der Waals surface area contributed by atoms with E-state index in [-0.39, 0.29) is 11.0 Å². The molecule has 0 atom stereocenters. The minimum Gasteiger partial charge on any atom is -0.322 e. The molecule has 166 valence electrons. The summed E-state index contributed by atoms with van der Waals surface area (Å²) in [5.41, 5.74) is 8.20. The molecular formula is C25H22N4O3S. The molecular weight excluding hydrogens is 436 g/mol. The second-order valence-corrected chi connectivity index (χ2v) is 7.45. The van der Waals surface area contributed by atoms with Gasteiger partial charge in [-0.1, -0.05) is 48.0 Å². The third-order valence-electron chi connectivity index (χ3n) is 4.44. The molecule has 8 heteroatoms. The van der Waals surface area contributed by atoms with E-state index in [2.05, 4.69) is 21.5 Å². The van der Waals surface area contributed by atoms with E-state index in [0.717, 1.165) is 11.1 Å². The molecule has 3 aromatic rings. The number of amides is 3. The lowest BCUT2D eigenvalue weighted by Gasteiger charge is -2.10. The first kappa shape index (κ1) is 23.4. The smallest absolute Gasteiger partial charge is 0.269 e. The number of aryl methyl sites for hydroxylation is 1. The molecule has 3 aromatic carbocycles. The van der Waals surface area contributed by atoms with Crippen molar-refractivity contribution in [3.8, 4) is 0 Å². The van der Waals surface area contributed by atoms with Crippen LogP contribution in [0.25, 0.3) is 6.08 Å². The Morgan fingerprint density at radius 2 is 1.52 bits per heavy atom. The number of hydrogen-bond donors (Lipinski definition) is 4. The SMILES string of the molecule is Cc1cccc(C(=O)Nc2ccc(C(=O)NNC(=S)NC(=O)C=Cc3ccccc3)cc2)c1. The maximum absolute atomic E-state index is 12.3. The molecule has 0 unspecified atom stereocenters. The summed E-state index contributed by atoms with van der Waals surface area (Å²) in [5.74, 6) is -1.12. The van der Waals surface area contributed by atoms with E-state index < -0.39 is 11.8 Å². The molecule has 33 heavy (non-hydrogen) atoms. The molecule has 0 fully saturated rings. The second-order valence-electron chi connectivity index (χ2n) is 7.04. The fourth-order valence-electron chi connectivity index (χ4n) is 2.80. The van der Waals surface area contributed by atoms with Crippen LogP contribution < -0.4 is 21.5 Å². The maximum atomic E-state index is 12.3. The van der Waals surface area contributed by atoms with Gasteiger partial charge in [-0.05, 0) is 67.2 Å². The molecule has 0 heterocycles. The van der Waals surface area contributed by atoms with Crippen molar-refractivity contribution in [3.63, 3.8) is 0 Å². The van der Waals surface area contributed by atoms with Gasteiger partial charge >= 0.3 is 0 Å². The lowest BCUT2D eigenvalue weighted by atomic mass is 10.1. The third-order valence-corrected chi connectivity index (χ3v) is 4.64. The summed E-state index contributed by atoms with van der Waals surface area (Å²) in [7, 11) is 0. The van der Waals surface area contributed by atoms with Crippen molar-refractivity contribution >= 4 is 46.8 Å². The van der Waals surface area contributed by atoms with Gasteiger partial charge in [0.1, 0.15) is 0 Å². The summed E-state index contributed by atoms with van der Waals surface area (Å²) in [6.07, 6.45) is 2.99. The highest BCUT2D eigenvalue weighted by Gasteiger charge is 2.09. The van der Waals surface area contributed by atoms with Crippen LogP contribution in [0.15, 0.2) is 84.9 Å². The molecule has 3 rings (SSSR count). The molecule has 0 saturated carbocycles. The van der Waals surface area contributed by atoms with E-state index in [1.165, 1.54) is 6.08 Å². The Bertz CT molecular complexity index is 1190. The number of thiocarbonyl (C=S) groups is 1. The Balaban J connectivity index is 1.46. The van der Waals surface area contributed by atoms with Crippen molar-refractivity contribution in [1.29, 1.82) is 0 Å². The van der Waals surface area contributed by atoms with Gasteiger partial charge in [0.05, 0.1) is 0 Å². The van der Waals surface area contributed by atoms with Crippen molar-refractivity contribution in [2.45, 2.75) is 6.92 Å². The standard InChI is InChI=1S/C25H22N4O3S/c1-17-6-5-9-20(16-17)23(31)26-21-13-11-19(12-14-21)24(32)28-29-25(33)27-22(30)15-10-18-7-3-2-4-8-18/h2-16H,1H3,(H,26,31)(H,28,32)(H2,27,29,30,33). The van der Waals surface area contributed by atoms with Gasteiger partial charge in [-0.25, -0.2) is 0 Å². The highest BCUT2D eigenvalue weighted by Crippen LogP contribution is 2.12. The van der Waals surface area contributed by atoms with E-state index in [0.29, 0.717) is 16.8 Å². The average molecular weight is 459 g/mol. The summed E-state index contributed by atoms with van der Waals surface area (Å²) in [6, 6.07) is 23.0. The van der Waals surface area contributed by atoms with Crippen LogP contribution in [-0.4, -0.2) is 22.8 Å². The van der Waals surface area contributed by atoms with Crippen molar-refractivity contribution in [1.82, 2.24) is 16.2 Å². The first-order valence-electron chi connectivity index (χ1n) is 10.0. The summed E-state index contributed by atoms with van der Waals surface area (Å²) < 4.78 is 0. The monoisotopic (exact) mass is 458 g/mol. The maximum Gasteiger partial charge on any atom is 0.269 e. The number of carbonyl (C=O) groups is 3. The van der Waals surface area contributed by atoms with Crippen LogP contribution >= 0.6 is 12.2 Å². The van der Waals surface area contributed by atoms with E-state index in [1.54, 1.807) is 42.5 Å². The van der Waals surface area contributed by atoms with Gasteiger partial charge in [0.15, 0.2) is 5.11 Å². The van der Waals surface area contributed by atoms with E-state index in [4.69, 9.17) is 12.2 Å². The molecule has 0 aliphatic rings. The summed E-state index contributed by atoms with van der Waals surface area (Å²) in [5, 5.41) is 5.18. The van der Waals surface area contributed by atoms with Crippen LogP contribution in [0.5, 0.6) is 0 Å². The van der Waals surface area contributed by atoms with Gasteiger partial charge in [0.2, 0.25) is 5.91 Å². The number of anilines is 1. The van der Waals surface area contributed by atoms with Crippen molar-refractivity contribution < 1.29 is 14.4 Å². The highest BCUT2D eigenvalue weighted by molar-refractivity contribution is 7.80. The molecule has 7 nitrogen and oxygen atoms in total. The van der Waals surface area contributed by atoms with Crippen molar-refractivity contribution in [3.05, 3.63) is 107 Å². The minimum atomic E-state index is -0.456. The van der Waals surface area contributed by atoms with Gasteiger partial charge in [0, 0.05) is 22.9 Å². The fourth-order valence-corrected chi connectivity index (χ4v) is 2.95. The molecule has 0 aliphatic heterocycles. The van der Waals surface area contributed by atoms with E-state index in [9.17, 15) is 14.4 Å². The number of nitrogens with one attached hydrogen (secondary N) is 4. The number of carbonyl (C=O) groups excluding carboxylic acids is 3. The molecule has 0 aliphatic carbocycles. The third kappa shape index (κ3) is 7.41. The van der Waals surface area contributed by atoms with Crippen LogP contribution in [0.4, 0.5) is 5.69 Å². The lowest BCUT2D eigenvalue weighted by molar-refractivity contribution is -0.115. The van der Waals surface area contributed by atoms with Crippen molar-refractivity contribution in [2.75, 3.05) is 5.32 Å². The average Bonchev–Trinajstić information content (AvgIpc) is 2.82.